The topological polar surface area (TPSA) is 43.8 Å². The summed E-state index contributed by atoms with van der Waals surface area (Å²) in [6.45, 7) is 3.96. The van der Waals surface area contributed by atoms with E-state index in [2.05, 4.69) is 5.10 Å². The highest BCUT2D eigenvalue weighted by molar-refractivity contribution is 5.12. The Kier molecular flexibility index (Phi) is 3.21. The van der Waals surface area contributed by atoms with Crippen molar-refractivity contribution in [3.8, 4) is 0 Å². The molecule has 1 aromatic heterocycles. The summed E-state index contributed by atoms with van der Waals surface area (Å²) in [5.41, 5.74) is 4.85. The van der Waals surface area contributed by atoms with Gasteiger partial charge in [-0.2, -0.15) is 13.9 Å². The average Bonchev–Trinajstić information content (AvgIpc) is 2.52. The number of hydrogen-bond acceptors (Lipinski definition) is 2. The van der Waals surface area contributed by atoms with Gasteiger partial charge in [-0.25, -0.2) is 0 Å². The predicted octanol–water partition coefficient (Wildman–Crippen LogP) is 1.59. The highest BCUT2D eigenvalue weighted by atomic mass is 19.3. The van der Waals surface area contributed by atoms with Gasteiger partial charge >= 0.3 is 0 Å². The number of alkyl halides is 2. The van der Waals surface area contributed by atoms with Crippen molar-refractivity contribution in [2.24, 2.45) is 11.7 Å². The van der Waals surface area contributed by atoms with Crippen LogP contribution in [0.4, 0.5) is 8.78 Å². The standard InChI is InChI=1S/C9H15F2N3/c1-7(2)4-14-5-8(3-13-14)9(10,11)6-12/h3,5,7H,4,6,12H2,1-2H3. The third-order valence-corrected chi connectivity index (χ3v) is 1.86. The molecule has 0 radical (unpaired) electrons. The van der Waals surface area contributed by atoms with Crippen LogP contribution in [0.1, 0.15) is 19.4 Å². The van der Waals surface area contributed by atoms with Gasteiger partial charge in [0.25, 0.3) is 5.92 Å². The fourth-order valence-electron chi connectivity index (χ4n) is 1.14. The zero-order chi connectivity index (χ0) is 10.8. The van der Waals surface area contributed by atoms with Crippen LogP contribution in [0, 0.1) is 5.92 Å². The van der Waals surface area contributed by atoms with Crippen LogP contribution < -0.4 is 5.73 Å². The summed E-state index contributed by atoms with van der Waals surface area (Å²) in [6, 6.07) is 0. The van der Waals surface area contributed by atoms with Crippen molar-refractivity contribution in [2.75, 3.05) is 6.54 Å². The third kappa shape index (κ3) is 2.51. The van der Waals surface area contributed by atoms with E-state index in [0.29, 0.717) is 12.5 Å². The molecule has 0 aromatic carbocycles. The summed E-state index contributed by atoms with van der Waals surface area (Å²) in [4.78, 5) is 0. The zero-order valence-electron chi connectivity index (χ0n) is 8.37. The van der Waals surface area contributed by atoms with Gasteiger partial charge < -0.3 is 5.73 Å². The first-order valence-electron chi connectivity index (χ1n) is 4.56. The lowest BCUT2D eigenvalue weighted by Gasteiger charge is -2.10. The Morgan fingerprint density at radius 2 is 2.21 bits per heavy atom. The monoisotopic (exact) mass is 203 g/mol. The van der Waals surface area contributed by atoms with Crippen LogP contribution >= 0.6 is 0 Å². The molecule has 1 aromatic rings. The number of nitrogens with two attached hydrogens (primary N) is 1. The fourth-order valence-corrected chi connectivity index (χ4v) is 1.14. The van der Waals surface area contributed by atoms with Crippen molar-refractivity contribution in [3.05, 3.63) is 18.0 Å². The van der Waals surface area contributed by atoms with Crippen LogP contribution in [0.2, 0.25) is 0 Å². The van der Waals surface area contributed by atoms with Crippen LogP contribution in [0.15, 0.2) is 12.4 Å². The molecule has 0 aliphatic rings. The molecule has 0 saturated heterocycles. The molecule has 14 heavy (non-hydrogen) atoms. The Bertz CT molecular complexity index is 294. The van der Waals surface area contributed by atoms with E-state index in [-0.39, 0.29) is 5.56 Å². The molecule has 2 N–H and O–H groups in total. The lowest BCUT2D eigenvalue weighted by Crippen LogP contribution is -2.24. The Labute approximate surface area is 81.9 Å². The van der Waals surface area contributed by atoms with Gasteiger partial charge in [-0.1, -0.05) is 13.8 Å². The normalized spacial score (nSPS) is 12.4. The van der Waals surface area contributed by atoms with Crippen LogP contribution in [0.5, 0.6) is 0 Å². The maximum atomic E-state index is 13.1. The van der Waals surface area contributed by atoms with Crippen LogP contribution in [-0.4, -0.2) is 16.3 Å². The molecule has 0 aliphatic carbocycles. The van der Waals surface area contributed by atoms with Crippen molar-refractivity contribution < 1.29 is 8.78 Å². The quantitative estimate of drug-likeness (QED) is 0.807. The van der Waals surface area contributed by atoms with Gasteiger partial charge in [-0.05, 0) is 5.92 Å². The number of halogens is 2. The number of rotatable bonds is 4. The molecular weight excluding hydrogens is 188 g/mol. The fraction of sp³-hybridized carbons (Fsp3) is 0.667. The molecule has 0 atom stereocenters. The molecule has 0 spiro atoms. The SMILES string of the molecule is CC(C)Cn1cc(C(F)(F)CN)cn1. The minimum absolute atomic E-state index is 0.111. The van der Waals surface area contributed by atoms with E-state index in [1.807, 2.05) is 13.8 Å². The molecule has 0 amide bonds. The highest BCUT2D eigenvalue weighted by Gasteiger charge is 2.31. The Balaban J connectivity index is 2.77. The molecule has 80 valence electrons. The van der Waals surface area contributed by atoms with Crippen molar-refractivity contribution in [1.29, 1.82) is 0 Å². The van der Waals surface area contributed by atoms with Crippen molar-refractivity contribution in [1.82, 2.24) is 9.78 Å². The molecule has 1 heterocycles. The van der Waals surface area contributed by atoms with E-state index in [1.54, 1.807) is 0 Å². The zero-order valence-corrected chi connectivity index (χ0v) is 8.37. The second-order valence-electron chi connectivity index (χ2n) is 3.75. The second kappa shape index (κ2) is 4.04. The summed E-state index contributed by atoms with van der Waals surface area (Å²) in [6.07, 6.45) is 2.53. The maximum Gasteiger partial charge on any atom is 0.288 e. The van der Waals surface area contributed by atoms with Gasteiger partial charge in [0.15, 0.2) is 0 Å². The first-order valence-corrected chi connectivity index (χ1v) is 4.56. The molecule has 0 fully saturated rings. The molecule has 0 aliphatic heterocycles. The largest absolute Gasteiger partial charge is 0.325 e. The molecule has 0 saturated carbocycles. The van der Waals surface area contributed by atoms with Gasteiger partial charge in [-0.15, -0.1) is 0 Å². The van der Waals surface area contributed by atoms with E-state index >= 15 is 0 Å². The van der Waals surface area contributed by atoms with Crippen molar-refractivity contribution >= 4 is 0 Å². The van der Waals surface area contributed by atoms with Gasteiger partial charge in [0, 0.05) is 12.7 Å². The third-order valence-electron chi connectivity index (χ3n) is 1.86. The molecule has 0 bridgehead atoms. The minimum Gasteiger partial charge on any atom is -0.325 e. The first-order chi connectivity index (χ1) is 6.45. The molecular formula is C9H15F2N3. The predicted molar refractivity (Wildman–Crippen MR) is 50.0 cm³/mol. The van der Waals surface area contributed by atoms with E-state index in [9.17, 15) is 8.78 Å². The average molecular weight is 203 g/mol. The van der Waals surface area contributed by atoms with Gasteiger partial charge in [0.1, 0.15) is 0 Å². The van der Waals surface area contributed by atoms with E-state index < -0.39 is 12.5 Å². The highest BCUT2D eigenvalue weighted by Crippen LogP contribution is 2.25. The molecule has 3 nitrogen and oxygen atoms in total. The van der Waals surface area contributed by atoms with Crippen LogP contribution in [-0.2, 0) is 12.5 Å². The van der Waals surface area contributed by atoms with Crippen molar-refractivity contribution in [2.45, 2.75) is 26.3 Å². The van der Waals surface area contributed by atoms with Gasteiger partial charge in [0.05, 0.1) is 18.3 Å². The van der Waals surface area contributed by atoms with Crippen LogP contribution in [0.3, 0.4) is 0 Å². The second-order valence-corrected chi connectivity index (χ2v) is 3.75. The first kappa shape index (κ1) is 11.1. The molecule has 0 unspecified atom stereocenters. The minimum atomic E-state index is -2.96. The lowest BCUT2D eigenvalue weighted by atomic mass is 10.2. The van der Waals surface area contributed by atoms with Gasteiger partial charge in [0.2, 0.25) is 0 Å². The van der Waals surface area contributed by atoms with Crippen molar-refractivity contribution in [3.63, 3.8) is 0 Å². The summed E-state index contributed by atoms with van der Waals surface area (Å²) in [7, 11) is 0. The van der Waals surface area contributed by atoms with E-state index in [0.717, 1.165) is 0 Å². The Morgan fingerprint density at radius 1 is 1.57 bits per heavy atom. The number of aromatic nitrogens is 2. The lowest BCUT2D eigenvalue weighted by molar-refractivity contribution is 0.00584. The number of hydrogen-bond donors (Lipinski definition) is 1. The Morgan fingerprint density at radius 3 is 2.71 bits per heavy atom. The van der Waals surface area contributed by atoms with E-state index in [4.69, 9.17) is 5.73 Å². The molecule has 1 rings (SSSR count). The smallest absolute Gasteiger partial charge is 0.288 e. The number of nitrogens with zero attached hydrogens (tertiary/aromatic N) is 2. The van der Waals surface area contributed by atoms with Gasteiger partial charge in [-0.3, -0.25) is 4.68 Å². The maximum absolute atomic E-state index is 13.1. The van der Waals surface area contributed by atoms with E-state index in [1.165, 1.54) is 17.1 Å². The Hall–Kier alpha value is -0.970. The summed E-state index contributed by atoms with van der Waals surface area (Å²) in [5, 5.41) is 3.85. The molecule has 5 heteroatoms. The summed E-state index contributed by atoms with van der Waals surface area (Å²) in [5.74, 6) is -2.58. The summed E-state index contributed by atoms with van der Waals surface area (Å²) < 4.78 is 27.6. The summed E-state index contributed by atoms with van der Waals surface area (Å²) >= 11 is 0. The van der Waals surface area contributed by atoms with Crippen LogP contribution in [0.25, 0.3) is 0 Å².